The molecule has 0 saturated heterocycles. The van der Waals surface area contributed by atoms with E-state index in [0.717, 1.165) is 36.7 Å². The number of rotatable bonds is 4. The average molecular weight is 250 g/mol. The maximum absolute atomic E-state index is 6.03. The van der Waals surface area contributed by atoms with Crippen molar-refractivity contribution in [2.24, 2.45) is 0 Å². The Morgan fingerprint density at radius 3 is 2.22 bits per heavy atom. The summed E-state index contributed by atoms with van der Waals surface area (Å²) in [4.78, 5) is 11.4. The van der Waals surface area contributed by atoms with Crippen molar-refractivity contribution in [2.45, 2.75) is 53.4 Å². The molecule has 0 saturated carbocycles. The van der Waals surface area contributed by atoms with E-state index in [9.17, 15) is 0 Å². The number of hydrogen-bond donors (Lipinski definition) is 1. The fourth-order valence-electron chi connectivity index (χ4n) is 1.85. The number of nitrogens with two attached hydrogens (primary N) is 1. The van der Waals surface area contributed by atoms with Crippen LogP contribution in [0.4, 0.5) is 11.6 Å². The molecule has 0 aromatic carbocycles. The minimum absolute atomic E-state index is 0.0812. The molecular formula is C14H26N4. The third kappa shape index (κ3) is 3.12. The SMILES string of the molecule is CCCN(CC)c1nc(C(C)(C)C)nc(N)c1C. The molecular weight excluding hydrogens is 224 g/mol. The highest BCUT2D eigenvalue weighted by Gasteiger charge is 2.21. The van der Waals surface area contributed by atoms with Gasteiger partial charge in [0.05, 0.1) is 0 Å². The summed E-state index contributed by atoms with van der Waals surface area (Å²) >= 11 is 0. The van der Waals surface area contributed by atoms with E-state index < -0.39 is 0 Å². The van der Waals surface area contributed by atoms with Crippen LogP contribution in [0.2, 0.25) is 0 Å². The van der Waals surface area contributed by atoms with Gasteiger partial charge in [-0.2, -0.15) is 0 Å². The zero-order chi connectivity index (χ0) is 13.9. The first-order valence-corrected chi connectivity index (χ1v) is 6.70. The van der Waals surface area contributed by atoms with E-state index in [0.29, 0.717) is 5.82 Å². The van der Waals surface area contributed by atoms with Crippen molar-refractivity contribution < 1.29 is 0 Å². The Bertz CT molecular complexity index is 407. The molecule has 0 aliphatic carbocycles. The van der Waals surface area contributed by atoms with Crippen LogP contribution in [0.5, 0.6) is 0 Å². The summed E-state index contributed by atoms with van der Waals surface area (Å²) in [5, 5.41) is 0. The second-order valence-electron chi connectivity index (χ2n) is 5.71. The van der Waals surface area contributed by atoms with Gasteiger partial charge in [-0.05, 0) is 20.3 Å². The first-order chi connectivity index (χ1) is 8.31. The topological polar surface area (TPSA) is 55.0 Å². The molecule has 0 fully saturated rings. The van der Waals surface area contributed by atoms with Gasteiger partial charge in [-0.1, -0.05) is 27.7 Å². The van der Waals surface area contributed by atoms with E-state index in [4.69, 9.17) is 10.7 Å². The van der Waals surface area contributed by atoms with Crippen molar-refractivity contribution in [1.29, 1.82) is 0 Å². The number of nitrogen functional groups attached to an aromatic ring is 1. The Hall–Kier alpha value is -1.32. The number of aromatic nitrogens is 2. The highest BCUT2D eigenvalue weighted by Crippen LogP contribution is 2.27. The molecule has 0 radical (unpaired) electrons. The zero-order valence-electron chi connectivity index (χ0n) is 12.5. The van der Waals surface area contributed by atoms with Crippen LogP contribution >= 0.6 is 0 Å². The van der Waals surface area contributed by atoms with E-state index in [1.165, 1.54) is 0 Å². The van der Waals surface area contributed by atoms with Gasteiger partial charge in [0.2, 0.25) is 0 Å². The predicted molar refractivity (Wildman–Crippen MR) is 78.1 cm³/mol. The zero-order valence-corrected chi connectivity index (χ0v) is 12.5. The molecule has 0 bridgehead atoms. The lowest BCUT2D eigenvalue weighted by atomic mass is 9.95. The Morgan fingerprint density at radius 2 is 1.78 bits per heavy atom. The Morgan fingerprint density at radius 1 is 1.17 bits per heavy atom. The van der Waals surface area contributed by atoms with Crippen LogP contribution in [-0.2, 0) is 5.41 Å². The van der Waals surface area contributed by atoms with Crippen LogP contribution in [0.15, 0.2) is 0 Å². The van der Waals surface area contributed by atoms with Gasteiger partial charge >= 0.3 is 0 Å². The van der Waals surface area contributed by atoms with Gasteiger partial charge in [-0.3, -0.25) is 0 Å². The van der Waals surface area contributed by atoms with Gasteiger partial charge in [0.25, 0.3) is 0 Å². The van der Waals surface area contributed by atoms with Crippen molar-refractivity contribution in [3.05, 3.63) is 11.4 Å². The van der Waals surface area contributed by atoms with Crippen molar-refractivity contribution in [3.8, 4) is 0 Å². The molecule has 4 nitrogen and oxygen atoms in total. The van der Waals surface area contributed by atoms with E-state index in [1.807, 2.05) is 6.92 Å². The van der Waals surface area contributed by atoms with Gasteiger partial charge in [-0.15, -0.1) is 0 Å². The minimum Gasteiger partial charge on any atom is -0.383 e. The predicted octanol–water partition coefficient (Wildman–Crippen LogP) is 2.90. The molecule has 1 heterocycles. The van der Waals surface area contributed by atoms with E-state index >= 15 is 0 Å². The van der Waals surface area contributed by atoms with Crippen LogP contribution in [0.3, 0.4) is 0 Å². The van der Waals surface area contributed by atoms with Crippen LogP contribution < -0.4 is 10.6 Å². The molecule has 102 valence electrons. The Balaban J connectivity index is 3.29. The highest BCUT2D eigenvalue weighted by molar-refractivity contribution is 5.56. The molecule has 18 heavy (non-hydrogen) atoms. The molecule has 1 aromatic rings. The lowest BCUT2D eigenvalue weighted by Crippen LogP contribution is -2.28. The molecule has 2 N–H and O–H groups in total. The molecule has 0 spiro atoms. The monoisotopic (exact) mass is 250 g/mol. The van der Waals surface area contributed by atoms with Gasteiger partial charge in [0.15, 0.2) is 0 Å². The summed E-state index contributed by atoms with van der Waals surface area (Å²) in [5.41, 5.74) is 6.93. The average Bonchev–Trinajstić information content (AvgIpc) is 2.28. The smallest absolute Gasteiger partial charge is 0.138 e. The molecule has 0 aliphatic heterocycles. The summed E-state index contributed by atoms with van der Waals surface area (Å²) in [6.07, 6.45) is 1.10. The number of nitrogens with zero attached hydrogens (tertiary/aromatic N) is 3. The van der Waals surface area contributed by atoms with Crippen molar-refractivity contribution in [1.82, 2.24) is 9.97 Å². The summed E-state index contributed by atoms with van der Waals surface area (Å²) < 4.78 is 0. The Kier molecular flexibility index (Phi) is 4.54. The van der Waals surface area contributed by atoms with Gasteiger partial charge < -0.3 is 10.6 Å². The maximum Gasteiger partial charge on any atom is 0.138 e. The fraction of sp³-hybridized carbons (Fsp3) is 0.714. The van der Waals surface area contributed by atoms with Crippen LogP contribution in [0.25, 0.3) is 0 Å². The largest absolute Gasteiger partial charge is 0.383 e. The van der Waals surface area contributed by atoms with Crippen LogP contribution in [0.1, 0.15) is 52.4 Å². The lowest BCUT2D eigenvalue weighted by Gasteiger charge is -2.26. The number of anilines is 2. The second kappa shape index (κ2) is 5.55. The summed E-state index contributed by atoms with van der Waals surface area (Å²) in [6.45, 7) is 14.6. The van der Waals surface area contributed by atoms with Gasteiger partial charge in [0, 0.05) is 24.1 Å². The van der Waals surface area contributed by atoms with Crippen LogP contribution in [0, 0.1) is 6.92 Å². The van der Waals surface area contributed by atoms with Crippen LogP contribution in [-0.4, -0.2) is 23.1 Å². The number of hydrogen-bond acceptors (Lipinski definition) is 4. The molecule has 1 rings (SSSR count). The van der Waals surface area contributed by atoms with Crippen molar-refractivity contribution in [3.63, 3.8) is 0 Å². The van der Waals surface area contributed by atoms with Gasteiger partial charge in [0.1, 0.15) is 17.5 Å². The third-order valence-corrected chi connectivity index (χ3v) is 3.00. The fourth-order valence-corrected chi connectivity index (χ4v) is 1.85. The Labute approximate surface area is 111 Å². The minimum atomic E-state index is -0.0812. The lowest BCUT2D eigenvalue weighted by molar-refractivity contribution is 0.544. The molecule has 0 atom stereocenters. The quantitative estimate of drug-likeness (QED) is 0.892. The third-order valence-electron chi connectivity index (χ3n) is 3.00. The summed E-state index contributed by atoms with van der Waals surface area (Å²) in [7, 11) is 0. The first-order valence-electron chi connectivity index (χ1n) is 6.70. The van der Waals surface area contributed by atoms with Crippen molar-refractivity contribution >= 4 is 11.6 Å². The van der Waals surface area contributed by atoms with E-state index in [1.54, 1.807) is 0 Å². The molecule has 0 amide bonds. The molecule has 0 unspecified atom stereocenters. The normalized spacial score (nSPS) is 11.7. The van der Waals surface area contributed by atoms with Crippen molar-refractivity contribution in [2.75, 3.05) is 23.7 Å². The van der Waals surface area contributed by atoms with E-state index in [-0.39, 0.29) is 5.41 Å². The standard InChI is InChI=1S/C14H26N4/c1-7-9-18(8-2)12-10(3)11(15)16-13(17-12)14(4,5)6/h7-9H2,1-6H3,(H2,15,16,17). The molecule has 1 aromatic heterocycles. The molecule has 0 aliphatic rings. The first kappa shape index (κ1) is 14.7. The second-order valence-corrected chi connectivity index (χ2v) is 5.71. The van der Waals surface area contributed by atoms with E-state index in [2.05, 4.69) is 44.5 Å². The molecule has 4 heteroatoms. The van der Waals surface area contributed by atoms with Gasteiger partial charge in [-0.25, -0.2) is 9.97 Å². The summed E-state index contributed by atoms with van der Waals surface area (Å²) in [5.74, 6) is 2.39. The highest BCUT2D eigenvalue weighted by atomic mass is 15.2. The maximum atomic E-state index is 6.03. The summed E-state index contributed by atoms with van der Waals surface area (Å²) in [6, 6.07) is 0.